The van der Waals surface area contributed by atoms with Gasteiger partial charge in [-0.3, -0.25) is 14.3 Å². The Balaban J connectivity index is 1.51. The molecule has 27 heavy (non-hydrogen) atoms. The lowest BCUT2D eigenvalue weighted by molar-refractivity contribution is -0.131. The first-order valence-corrected chi connectivity index (χ1v) is 9.20. The third kappa shape index (κ3) is 4.48. The molecule has 1 aromatic heterocycles. The van der Waals surface area contributed by atoms with Crippen LogP contribution >= 0.6 is 0 Å². The van der Waals surface area contributed by atoms with Gasteiger partial charge in [-0.05, 0) is 37.5 Å². The fourth-order valence-electron chi connectivity index (χ4n) is 3.46. The second-order valence-electron chi connectivity index (χ2n) is 6.95. The standard InChI is InChI=1S/C20H26N4O3/c1-14-18(22-20(26)16-12-21-23(2)13-16)10-11-24(14)19(25)9-6-15-4-7-17(27-3)8-5-15/h4-5,7-8,12-14,18H,6,9-11H2,1-3H3,(H,22,26)/t14-,18-/m1/s1. The number of rotatable bonds is 6. The second kappa shape index (κ2) is 8.24. The number of aromatic nitrogens is 2. The molecule has 0 unspecified atom stereocenters. The molecule has 7 nitrogen and oxygen atoms in total. The Bertz CT molecular complexity index is 800. The molecule has 0 radical (unpaired) electrons. The highest BCUT2D eigenvalue weighted by atomic mass is 16.5. The highest BCUT2D eigenvalue weighted by molar-refractivity contribution is 5.94. The smallest absolute Gasteiger partial charge is 0.254 e. The molecule has 0 saturated carbocycles. The predicted molar refractivity (Wildman–Crippen MR) is 102 cm³/mol. The van der Waals surface area contributed by atoms with Crippen molar-refractivity contribution in [1.29, 1.82) is 0 Å². The van der Waals surface area contributed by atoms with Gasteiger partial charge in [0.2, 0.25) is 5.91 Å². The molecule has 2 amide bonds. The molecule has 7 heteroatoms. The van der Waals surface area contributed by atoms with E-state index in [2.05, 4.69) is 10.4 Å². The molecule has 0 spiro atoms. The zero-order valence-electron chi connectivity index (χ0n) is 16.0. The zero-order valence-corrected chi connectivity index (χ0v) is 16.0. The van der Waals surface area contributed by atoms with Crippen LogP contribution in [-0.4, -0.2) is 52.2 Å². The third-order valence-electron chi connectivity index (χ3n) is 5.15. The number of methoxy groups -OCH3 is 1. The molecular weight excluding hydrogens is 344 g/mol. The average Bonchev–Trinajstić information content (AvgIpc) is 3.26. The van der Waals surface area contributed by atoms with Crippen molar-refractivity contribution >= 4 is 11.8 Å². The Kier molecular flexibility index (Phi) is 5.78. The van der Waals surface area contributed by atoms with E-state index in [9.17, 15) is 9.59 Å². The first-order chi connectivity index (χ1) is 13.0. The first kappa shape index (κ1) is 18.9. The van der Waals surface area contributed by atoms with Crippen molar-refractivity contribution in [3.8, 4) is 5.75 Å². The zero-order chi connectivity index (χ0) is 19.4. The van der Waals surface area contributed by atoms with E-state index < -0.39 is 0 Å². The van der Waals surface area contributed by atoms with Gasteiger partial charge in [0.15, 0.2) is 0 Å². The Morgan fingerprint density at radius 1 is 1.30 bits per heavy atom. The van der Waals surface area contributed by atoms with Crippen molar-refractivity contribution in [2.24, 2.45) is 7.05 Å². The van der Waals surface area contributed by atoms with Gasteiger partial charge in [-0.25, -0.2) is 0 Å². The summed E-state index contributed by atoms with van der Waals surface area (Å²) in [6.45, 7) is 2.66. The van der Waals surface area contributed by atoms with Crippen molar-refractivity contribution in [1.82, 2.24) is 20.0 Å². The Morgan fingerprint density at radius 3 is 2.67 bits per heavy atom. The Labute approximate surface area is 159 Å². The second-order valence-corrected chi connectivity index (χ2v) is 6.95. The number of benzene rings is 1. The maximum atomic E-state index is 12.6. The topological polar surface area (TPSA) is 76.5 Å². The summed E-state index contributed by atoms with van der Waals surface area (Å²) in [6.07, 6.45) is 5.15. The number of hydrogen-bond acceptors (Lipinski definition) is 4. The van der Waals surface area contributed by atoms with Crippen LogP contribution in [0.3, 0.4) is 0 Å². The van der Waals surface area contributed by atoms with Gasteiger partial charge >= 0.3 is 0 Å². The monoisotopic (exact) mass is 370 g/mol. The SMILES string of the molecule is COc1ccc(CCC(=O)N2CC[C@@H](NC(=O)c3cnn(C)c3)[C@H]2C)cc1. The van der Waals surface area contributed by atoms with Crippen LogP contribution in [0.4, 0.5) is 0 Å². The van der Waals surface area contributed by atoms with E-state index in [0.29, 0.717) is 24.9 Å². The van der Waals surface area contributed by atoms with Gasteiger partial charge in [0.05, 0.1) is 24.9 Å². The van der Waals surface area contributed by atoms with Gasteiger partial charge in [0.1, 0.15) is 5.75 Å². The van der Waals surface area contributed by atoms with Gasteiger partial charge in [0, 0.05) is 32.3 Å². The molecule has 1 aromatic carbocycles. The van der Waals surface area contributed by atoms with Gasteiger partial charge in [-0.2, -0.15) is 5.10 Å². The lowest BCUT2D eigenvalue weighted by atomic mass is 10.1. The summed E-state index contributed by atoms with van der Waals surface area (Å²) >= 11 is 0. The van der Waals surface area contributed by atoms with E-state index >= 15 is 0 Å². The molecule has 1 aliphatic heterocycles. The molecule has 2 aromatic rings. The van der Waals surface area contributed by atoms with Crippen molar-refractivity contribution in [2.45, 2.75) is 38.3 Å². The molecule has 1 N–H and O–H groups in total. The van der Waals surface area contributed by atoms with Crippen LogP contribution in [0.5, 0.6) is 5.75 Å². The molecule has 1 aliphatic rings. The van der Waals surface area contributed by atoms with Gasteiger partial charge < -0.3 is 15.0 Å². The van der Waals surface area contributed by atoms with E-state index in [0.717, 1.165) is 17.7 Å². The maximum Gasteiger partial charge on any atom is 0.254 e. The van der Waals surface area contributed by atoms with Crippen LogP contribution < -0.4 is 10.1 Å². The molecule has 1 saturated heterocycles. The normalized spacial score (nSPS) is 19.1. The molecule has 0 aliphatic carbocycles. The minimum Gasteiger partial charge on any atom is -0.497 e. The number of hydrogen-bond donors (Lipinski definition) is 1. The maximum absolute atomic E-state index is 12.6. The number of likely N-dealkylation sites (tertiary alicyclic amines) is 1. The average molecular weight is 370 g/mol. The number of carbonyl (C=O) groups is 2. The molecular formula is C20H26N4O3. The van der Waals surface area contributed by atoms with E-state index in [-0.39, 0.29) is 23.9 Å². The number of carbonyl (C=O) groups excluding carboxylic acids is 2. The number of amides is 2. The summed E-state index contributed by atoms with van der Waals surface area (Å²) in [6, 6.07) is 7.72. The van der Waals surface area contributed by atoms with Crippen LogP contribution in [0.2, 0.25) is 0 Å². The summed E-state index contributed by atoms with van der Waals surface area (Å²) in [7, 11) is 3.41. The summed E-state index contributed by atoms with van der Waals surface area (Å²) in [5, 5.41) is 7.05. The summed E-state index contributed by atoms with van der Waals surface area (Å²) in [4.78, 5) is 26.8. The lowest BCUT2D eigenvalue weighted by Crippen LogP contribution is -2.45. The van der Waals surface area contributed by atoms with E-state index in [1.165, 1.54) is 0 Å². The molecule has 3 rings (SSSR count). The minimum atomic E-state index is -0.146. The van der Waals surface area contributed by atoms with E-state index in [4.69, 9.17) is 4.74 Å². The number of nitrogens with zero attached hydrogens (tertiary/aromatic N) is 3. The minimum absolute atomic E-state index is 0.0195. The summed E-state index contributed by atoms with van der Waals surface area (Å²) < 4.78 is 6.75. The van der Waals surface area contributed by atoms with Crippen molar-refractivity contribution in [3.05, 3.63) is 47.8 Å². The molecule has 0 bridgehead atoms. The van der Waals surface area contributed by atoms with Crippen molar-refractivity contribution in [2.75, 3.05) is 13.7 Å². The quantitative estimate of drug-likeness (QED) is 0.841. The van der Waals surface area contributed by atoms with Crippen molar-refractivity contribution < 1.29 is 14.3 Å². The summed E-state index contributed by atoms with van der Waals surface area (Å²) in [5.74, 6) is 0.786. The first-order valence-electron chi connectivity index (χ1n) is 9.20. The highest BCUT2D eigenvalue weighted by Gasteiger charge is 2.34. The Morgan fingerprint density at radius 2 is 2.04 bits per heavy atom. The number of aryl methyl sites for hydroxylation is 2. The fourth-order valence-corrected chi connectivity index (χ4v) is 3.46. The number of ether oxygens (including phenoxy) is 1. The van der Waals surface area contributed by atoms with Crippen LogP contribution in [-0.2, 0) is 18.3 Å². The summed E-state index contributed by atoms with van der Waals surface area (Å²) in [5.41, 5.74) is 1.64. The van der Waals surface area contributed by atoms with Gasteiger partial charge in [-0.1, -0.05) is 12.1 Å². The fraction of sp³-hybridized carbons (Fsp3) is 0.450. The van der Waals surface area contributed by atoms with Crippen LogP contribution in [0.1, 0.15) is 35.7 Å². The highest BCUT2D eigenvalue weighted by Crippen LogP contribution is 2.20. The molecule has 1 fully saturated rings. The molecule has 2 atom stereocenters. The van der Waals surface area contributed by atoms with Crippen LogP contribution in [0.25, 0.3) is 0 Å². The predicted octanol–water partition coefficient (Wildman–Crippen LogP) is 1.78. The van der Waals surface area contributed by atoms with E-state index in [1.807, 2.05) is 36.1 Å². The lowest BCUT2D eigenvalue weighted by Gasteiger charge is -2.25. The molecule has 2 heterocycles. The number of nitrogens with one attached hydrogen (secondary N) is 1. The van der Waals surface area contributed by atoms with Crippen LogP contribution in [0.15, 0.2) is 36.7 Å². The molecule has 144 valence electrons. The van der Waals surface area contributed by atoms with Crippen molar-refractivity contribution in [3.63, 3.8) is 0 Å². The third-order valence-corrected chi connectivity index (χ3v) is 5.15. The van der Waals surface area contributed by atoms with Gasteiger partial charge in [0.25, 0.3) is 5.91 Å². The largest absolute Gasteiger partial charge is 0.497 e. The van der Waals surface area contributed by atoms with Crippen LogP contribution in [0, 0.1) is 0 Å². The Hall–Kier alpha value is -2.83. The van der Waals surface area contributed by atoms with E-state index in [1.54, 1.807) is 31.2 Å². The van der Waals surface area contributed by atoms with Gasteiger partial charge in [-0.15, -0.1) is 0 Å².